The number of rotatable bonds is 5. The molecule has 0 aromatic carbocycles. The second kappa shape index (κ2) is 6.88. The van der Waals surface area contributed by atoms with Crippen molar-refractivity contribution in [1.82, 2.24) is 20.1 Å². The number of nitriles is 1. The maximum Gasteiger partial charge on any atom is 0.269 e. The molecule has 0 radical (unpaired) electrons. The van der Waals surface area contributed by atoms with Crippen LogP contribution in [0.15, 0.2) is 24.4 Å². The number of carbonyl (C=O) groups excluding carboxylic acids is 2. The minimum Gasteiger partial charge on any atom is -0.354 e. The molecule has 2 aromatic rings. The van der Waals surface area contributed by atoms with Gasteiger partial charge in [0.25, 0.3) is 5.91 Å². The van der Waals surface area contributed by atoms with Crippen molar-refractivity contribution in [3.63, 3.8) is 0 Å². The fourth-order valence-electron chi connectivity index (χ4n) is 4.17. The third kappa shape index (κ3) is 3.10. The van der Waals surface area contributed by atoms with Crippen LogP contribution >= 0.6 is 0 Å². The summed E-state index contributed by atoms with van der Waals surface area (Å²) >= 11 is 0. The number of nitrogens with one attached hydrogen (secondary N) is 2. The highest BCUT2D eigenvalue weighted by atomic mass is 16.2. The third-order valence-electron chi connectivity index (χ3n) is 5.75. The Morgan fingerprint density at radius 2 is 2.10 bits per heavy atom. The molecule has 2 fully saturated rings. The Labute approximate surface area is 168 Å². The first-order valence-corrected chi connectivity index (χ1v) is 9.63. The van der Waals surface area contributed by atoms with E-state index >= 15 is 0 Å². The molecular formula is C20H23N7O2. The average molecular weight is 393 g/mol. The van der Waals surface area contributed by atoms with Crippen molar-refractivity contribution in [1.29, 1.82) is 5.26 Å². The molecule has 1 aliphatic carbocycles. The van der Waals surface area contributed by atoms with Gasteiger partial charge in [0, 0.05) is 44.2 Å². The van der Waals surface area contributed by atoms with Crippen LogP contribution in [-0.2, 0) is 11.8 Å². The normalized spacial score (nSPS) is 23.7. The van der Waals surface area contributed by atoms with Crippen LogP contribution < -0.4 is 15.5 Å². The number of hydrogen-bond donors (Lipinski definition) is 2. The zero-order valence-electron chi connectivity index (χ0n) is 16.6. The van der Waals surface area contributed by atoms with Gasteiger partial charge in [-0.3, -0.25) is 14.3 Å². The van der Waals surface area contributed by atoms with Gasteiger partial charge in [0.05, 0.1) is 6.07 Å². The first kappa shape index (κ1) is 18.9. The summed E-state index contributed by atoms with van der Waals surface area (Å²) in [5.41, 5.74) is 0.206. The first-order chi connectivity index (χ1) is 13.9. The summed E-state index contributed by atoms with van der Waals surface area (Å²) in [4.78, 5) is 31.1. The summed E-state index contributed by atoms with van der Waals surface area (Å²) in [6.07, 6.45) is 4.05. The van der Waals surface area contributed by atoms with E-state index in [0.29, 0.717) is 29.4 Å². The monoisotopic (exact) mass is 393 g/mol. The third-order valence-corrected chi connectivity index (χ3v) is 5.75. The molecule has 2 atom stereocenters. The summed E-state index contributed by atoms with van der Waals surface area (Å²) in [6, 6.07) is 7.43. The quantitative estimate of drug-likeness (QED) is 0.802. The lowest BCUT2D eigenvalue weighted by Crippen LogP contribution is -2.36. The predicted octanol–water partition coefficient (Wildman–Crippen LogP) is 1.96. The molecule has 9 nitrogen and oxygen atoms in total. The van der Waals surface area contributed by atoms with Crippen molar-refractivity contribution in [2.24, 2.45) is 18.4 Å². The van der Waals surface area contributed by atoms with Gasteiger partial charge >= 0.3 is 0 Å². The second-order valence-corrected chi connectivity index (χ2v) is 7.73. The zero-order valence-corrected chi connectivity index (χ0v) is 16.6. The number of pyridine rings is 1. The summed E-state index contributed by atoms with van der Waals surface area (Å²) < 4.78 is 1.48. The molecule has 1 aliphatic heterocycles. The van der Waals surface area contributed by atoms with Gasteiger partial charge in [-0.1, -0.05) is 0 Å². The molecule has 1 saturated carbocycles. The molecule has 0 spiro atoms. The van der Waals surface area contributed by atoms with E-state index in [9.17, 15) is 14.9 Å². The fourth-order valence-corrected chi connectivity index (χ4v) is 4.17. The van der Waals surface area contributed by atoms with Crippen LogP contribution in [0.25, 0.3) is 0 Å². The Hall–Kier alpha value is -3.41. The van der Waals surface area contributed by atoms with E-state index in [1.54, 1.807) is 43.4 Å². The number of aryl methyl sites for hydroxylation is 1. The van der Waals surface area contributed by atoms with Gasteiger partial charge < -0.3 is 15.5 Å². The number of amides is 2. The lowest BCUT2D eigenvalue weighted by Gasteiger charge is -2.23. The molecule has 3 heterocycles. The number of aromatic nitrogens is 3. The maximum atomic E-state index is 13.2. The van der Waals surface area contributed by atoms with E-state index < -0.39 is 5.41 Å². The zero-order chi connectivity index (χ0) is 20.8. The van der Waals surface area contributed by atoms with Crippen LogP contribution in [0.4, 0.5) is 17.3 Å². The summed E-state index contributed by atoms with van der Waals surface area (Å²) in [6.45, 7) is 1.97. The number of carbonyl (C=O) groups is 2. The van der Waals surface area contributed by atoms with E-state index in [1.807, 2.05) is 6.92 Å². The summed E-state index contributed by atoms with van der Waals surface area (Å²) in [7, 11) is 3.24. The fraction of sp³-hybridized carbons (Fsp3) is 0.450. The maximum absolute atomic E-state index is 13.2. The van der Waals surface area contributed by atoms with Gasteiger partial charge in [0.2, 0.25) is 5.91 Å². The van der Waals surface area contributed by atoms with Crippen molar-refractivity contribution in [3.05, 3.63) is 30.1 Å². The van der Waals surface area contributed by atoms with Crippen LogP contribution in [0.2, 0.25) is 0 Å². The van der Waals surface area contributed by atoms with E-state index in [4.69, 9.17) is 0 Å². The van der Waals surface area contributed by atoms with Crippen LogP contribution in [0, 0.1) is 22.7 Å². The van der Waals surface area contributed by atoms with Gasteiger partial charge in [-0.2, -0.15) is 10.4 Å². The Balaban J connectivity index is 1.59. The minimum absolute atomic E-state index is 0.0623. The average Bonchev–Trinajstić information content (AvgIpc) is 3.44. The lowest BCUT2D eigenvalue weighted by atomic mass is 9.81. The molecule has 9 heteroatoms. The van der Waals surface area contributed by atoms with Crippen LogP contribution in [0.3, 0.4) is 0 Å². The van der Waals surface area contributed by atoms with Crippen LogP contribution in [-0.4, -0.2) is 39.7 Å². The van der Waals surface area contributed by atoms with Gasteiger partial charge in [0.15, 0.2) is 5.82 Å². The standard InChI is InChI=1S/C20H23N7O2/c1-12-10-20(11-21,13-4-5-13)19(29)27(12)14-6-7-23-16(8-14)24-17-9-15(18(28)22-2)26(3)25-17/h6-9,12-13H,4-5,10H2,1-3H3,(H,22,28)(H,23,24,25)/t12-,20-/m1/s1. The van der Waals surface area contributed by atoms with Gasteiger partial charge in [0.1, 0.15) is 16.9 Å². The molecule has 4 rings (SSSR count). The number of hydrogen-bond acceptors (Lipinski definition) is 6. The Morgan fingerprint density at radius 1 is 1.34 bits per heavy atom. The molecule has 0 unspecified atom stereocenters. The second-order valence-electron chi connectivity index (χ2n) is 7.73. The van der Waals surface area contributed by atoms with Crippen molar-refractivity contribution in [2.75, 3.05) is 17.3 Å². The Bertz CT molecular complexity index is 1020. The SMILES string of the molecule is CNC(=O)c1cc(Nc2cc(N3C(=O)[C@](C#N)(C4CC4)C[C@H]3C)ccn2)nn1C. The van der Waals surface area contributed by atoms with E-state index in [2.05, 4.69) is 26.8 Å². The highest BCUT2D eigenvalue weighted by Crippen LogP contribution is 2.53. The van der Waals surface area contributed by atoms with Crippen LogP contribution in [0.5, 0.6) is 0 Å². The molecule has 0 bridgehead atoms. The topological polar surface area (TPSA) is 116 Å². The largest absolute Gasteiger partial charge is 0.354 e. The van der Waals surface area contributed by atoms with Crippen molar-refractivity contribution < 1.29 is 9.59 Å². The smallest absolute Gasteiger partial charge is 0.269 e. The predicted molar refractivity (Wildman–Crippen MR) is 106 cm³/mol. The summed E-state index contributed by atoms with van der Waals surface area (Å²) in [5.74, 6) is 0.792. The van der Waals surface area contributed by atoms with Crippen molar-refractivity contribution in [3.8, 4) is 6.07 Å². The Morgan fingerprint density at radius 3 is 2.76 bits per heavy atom. The molecule has 1 saturated heterocycles. The van der Waals surface area contributed by atoms with E-state index in [1.165, 1.54) is 4.68 Å². The molecule has 2 amide bonds. The Kier molecular flexibility index (Phi) is 4.49. The highest BCUT2D eigenvalue weighted by Gasteiger charge is 2.59. The number of anilines is 3. The van der Waals surface area contributed by atoms with Gasteiger partial charge in [-0.25, -0.2) is 4.98 Å². The van der Waals surface area contributed by atoms with Gasteiger partial charge in [-0.15, -0.1) is 0 Å². The molecular weight excluding hydrogens is 370 g/mol. The molecule has 2 N–H and O–H groups in total. The molecule has 2 aliphatic rings. The molecule has 150 valence electrons. The summed E-state index contributed by atoms with van der Waals surface area (Å²) in [5, 5.41) is 19.7. The molecule has 29 heavy (non-hydrogen) atoms. The van der Waals surface area contributed by atoms with Crippen molar-refractivity contribution >= 4 is 29.1 Å². The highest BCUT2D eigenvalue weighted by molar-refractivity contribution is 6.03. The number of nitrogens with zero attached hydrogens (tertiary/aromatic N) is 5. The minimum atomic E-state index is -0.903. The molecule has 2 aromatic heterocycles. The van der Waals surface area contributed by atoms with Crippen LogP contribution in [0.1, 0.15) is 36.7 Å². The van der Waals surface area contributed by atoms with Crippen molar-refractivity contribution in [2.45, 2.75) is 32.2 Å². The van der Waals surface area contributed by atoms with E-state index in [0.717, 1.165) is 12.8 Å². The first-order valence-electron chi connectivity index (χ1n) is 9.63. The lowest BCUT2D eigenvalue weighted by molar-refractivity contribution is -0.123. The van der Waals surface area contributed by atoms with Gasteiger partial charge in [-0.05, 0) is 38.2 Å². The van der Waals surface area contributed by atoms with E-state index in [-0.39, 0.29) is 23.8 Å².